The standard InChI is InChI=1S/C13H20N4O4.C10H18N2O2S.C10H17NO3.C10H17NO2S.C10H18O5.C8H12N4O2.C5H9NO.C4H8N2O3.7CH4.ClH.V.W/c1-5-20-11(18)10-15-14-9-8-16(6-7-17(9)10)12(19)21-13(2,3)4;1-10(2,3)14-9(13)12-6-5-11-8(7-12)15-4;1-10(2,3)14-9(13)11-6-4-5-8(12)7-11;1-10(2,3)13-9(12)11-6-4-5-8(14)7-11;1-9(2,3)14-7(11)13-8(12)15-10(4,5)6;1-2-14-8(13)7-11-10-6-5-9-3-4-12(6)7;7-5-2-1-3-6-4-5;1-2-9-4(8)3(7)6-5;;;;;;;;;;/h5-8H2,1-4H3;5-7H2,1-4H3;2*4-7H2,1-3H3;1-6H3;9H,2-5H2,1H3;6H,1-4H2;2,5H2,1H3,(H,6,7);7*1H4;1H;;. The van der Waals surface area contributed by atoms with Crippen molar-refractivity contribution in [1.29, 1.82) is 0 Å². The first-order valence-electron chi connectivity index (χ1n) is 35.9. The zero-order valence-electron chi connectivity index (χ0n) is 69.0. The summed E-state index contributed by atoms with van der Waals surface area (Å²) in [6.45, 7) is 47.1. The number of esters is 3. The number of ether oxygens (including phenoxy) is 10. The quantitative estimate of drug-likeness (QED) is 0.0316. The molecule has 3 saturated heterocycles. The molecule has 6 aliphatic rings. The van der Waals surface area contributed by atoms with Crippen molar-refractivity contribution in [3.8, 4) is 0 Å². The molecule has 0 unspecified atom stereocenters. The number of fused-ring (bicyclic) bond motifs is 2. The minimum Gasteiger partial charge on any atom is -0.460 e. The number of rotatable bonds is 5. The van der Waals surface area contributed by atoms with E-state index in [1.807, 2.05) is 89.3 Å². The summed E-state index contributed by atoms with van der Waals surface area (Å²) in [4.78, 5) is 146. The first-order chi connectivity index (χ1) is 50.4. The molecule has 3 fully saturated rings. The number of thioether (sulfide) groups is 1. The Morgan fingerprint density at radius 3 is 1.20 bits per heavy atom. The number of nitrogens with one attached hydrogen (secondary N) is 3. The van der Waals surface area contributed by atoms with Crippen LogP contribution in [0.3, 0.4) is 0 Å². The van der Waals surface area contributed by atoms with Gasteiger partial charge in [-0.25, -0.2) is 49.0 Å². The van der Waals surface area contributed by atoms with Crippen LogP contribution in [0.25, 0.3) is 0 Å². The molecule has 119 heavy (non-hydrogen) atoms. The number of thiocarbonyl (C=S) groups is 1. The maximum atomic E-state index is 12.0. The number of Topliss-reactive ketones (excluding diaryl/α,β-unsaturated/α-hetero) is 2. The monoisotopic (exact) mass is 1970 g/mol. The molecule has 0 aliphatic carbocycles. The van der Waals surface area contributed by atoms with Crippen LogP contribution in [0.15, 0.2) is 4.99 Å². The predicted molar refractivity (Wildman–Crippen MR) is 460 cm³/mol. The Morgan fingerprint density at radius 1 is 0.462 bits per heavy atom. The zero-order valence-corrected chi connectivity index (χ0v) is 75.8. The van der Waals surface area contributed by atoms with E-state index in [0.717, 1.165) is 74.0 Å². The molecule has 5 amide bonds. The molecule has 8 rings (SSSR count). The Morgan fingerprint density at radius 2 is 0.840 bits per heavy atom. The van der Waals surface area contributed by atoms with Crippen molar-refractivity contribution in [1.82, 2.24) is 65.2 Å². The summed E-state index contributed by atoms with van der Waals surface area (Å²) < 4.78 is 52.4. The fraction of sp³-hybridized carbons (Fsp3) is 0.766. The Hall–Kier alpha value is -7.13. The fourth-order valence-electron chi connectivity index (χ4n) is 8.86. The summed E-state index contributed by atoms with van der Waals surface area (Å²) >= 11 is 6.68. The van der Waals surface area contributed by atoms with E-state index >= 15 is 0 Å². The third kappa shape index (κ3) is 60.1. The Bertz CT molecular complexity index is 3300. The van der Waals surface area contributed by atoms with Crippen LogP contribution >= 0.6 is 36.4 Å². The van der Waals surface area contributed by atoms with Gasteiger partial charge in [0.1, 0.15) is 45.2 Å². The van der Waals surface area contributed by atoms with Crippen molar-refractivity contribution in [2.24, 2.45) is 10.8 Å². The summed E-state index contributed by atoms with van der Waals surface area (Å²) in [5.74, 6) is 4.11. The number of likely N-dealkylation sites (tertiary alicyclic amines) is 2. The molecule has 0 spiro atoms. The Kier molecular flexibility index (Phi) is 72.0. The third-order valence-electron chi connectivity index (χ3n) is 13.3. The minimum atomic E-state index is -1.06. The molecule has 0 saturated carbocycles. The number of aliphatic imine (C=N–C) groups is 1. The molecule has 2 aromatic rings. The van der Waals surface area contributed by atoms with E-state index in [2.05, 4.69) is 51.3 Å². The number of nitrogens with two attached hydrogens (primary N) is 1. The number of nitrogens with zero attached hydrogens (tertiary/aromatic N) is 11. The van der Waals surface area contributed by atoms with Crippen LogP contribution in [0, 0.1) is 0 Å². The van der Waals surface area contributed by atoms with Crippen molar-refractivity contribution < 1.29 is 145 Å². The summed E-state index contributed by atoms with van der Waals surface area (Å²) in [5, 5.41) is 22.6. The van der Waals surface area contributed by atoms with Gasteiger partial charge in [0.25, 0.3) is 0 Å². The summed E-state index contributed by atoms with van der Waals surface area (Å²) in [6, 6.07) is 0. The summed E-state index contributed by atoms with van der Waals surface area (Å²) in [6.07, 6.45) is 3.63. The number of halogens is 1. The molecule has 0 bridgehead atoms. The van der Waals surface area contributed by atoms with Crippen molar-refractivity contribution in [2.75, 3.05) is 98.1 Å². The van der Waals surface area contributed by atoms with Crippen molar-refractivity contribution in [3.05, 3.63) is 23.3 Å². The molecule has 37 nitrogen and oxygen atoms in total. The Labute approximate surface area is 751 Å². The van der Waals surface area contributed by atoms with E-state index in [9.17, 15) is 57.5 Å². The number of hydrogen-bond donors (Lipinski definition) is 4. The molecule has 6 aliphatic heterocycles. The molecular formula is C77H148ClN15O22S2VW. The molecule has 2 aromatic heterocycles. The molecule has 693 valence electrons. The second-order valence-electron chi connectivity index (χ2n) is 30.2. The van der Waals surface area contributed by atoms with Crippen LogP contribution in [-0.2, 0) is 132 Å². The maximum Gasteiger partial charge on any atom is 0.519 e. The van der Waals surface area contributed by atoms with Gasteiger partial charge < -0.3 is 76.9 Å². The molecule has 5 N–H and O–H groups in total. The van der Waals surface area contributed by atoms with E-state index < -0.39 is 75.8 Å². The molecule has 0 aromatic carbocycles. The summed E-state index contributed by atoms with van der Waals surface area (Å²) in [5.41, 5.74) is -1.63. The SMILES string of the molecule is C.C.C.C.C.C.C.CC(C)(C)OC(=O)N1CCCC(=O)C1.CC(C)(C)OC(=O)N1CCCC(=S)C1.CC(C)(C)OC(=O)OC(=O)OC(C)(C)C.CCOC(=O)C(=O)NN.CCOC(=O)c1nnc2n1CCN(C(=O)OC(C)(C)C)C2.CCOC(=O)c1nnc2n1CCNC2.CSC1=NCCN(C(=O)OC(C)(C)C)C1.Cl.O=C1CCCNC1.[V].[W]. The van der Waals surface area contributed by atoms with Gasteiger partial charge in [-0.1, -0.05) is 64.2 Å². The van der Waals surface area contributed by atoms with Gasteiger partial charge in [-0.05, 0) is 184 Å². The van der Waals surface area contributed by atoms with Crippen LogP contribution in [0.4, 0.5) is 28.8 Å². The normalized spacial score (nSPS) is 14.2. The smallest absolute Gasteiger partial charge is 0.460 e. The minimum absolute atomic E-state index is 0. The van der Waals surface area contributed by atoms with Crippen LogP contribution in [-0.4, -0.2) is 263 Å². The number of hydrazine groups is 1. The maximum absolute atomic E-state index is 12.0. The van der Waals surface area contributed by atoms with E-state index in [4.69, 9.17) is 50.1 Å². The van der Waals surface area contributed by atoms with Crippen molar-refractivity contribution in [2.45, 2.75) is 296 Å². The number of amides is 5. The largest absolute Gasteiger partial charge is 0.519 e. The van der Waals surface area contributed by atoms with Crippen molar-refractivity contribution in [3.63, 3.8) is 0 Å². The molecule has 1 radical (unpaired) electrons. The van der Waals surface area contributed by atoms with Crippen molar-refractivity contribution >= 4 is 118 Å². The van der Waals surface area contributed by atoms with E-state index in [-0.39, 0.29) is 160 Å². The molecule has 42 heteroatoms. The van der Waals surface area contributed by atoms with Crippen LogP contribution in [0.2, 0.25) is 0 Å². The zero-order chi connectivity index (χ0) is 83.3. The van der Waals surface area contributed by atoms with Gasteiger partial charge in [-0.3, -0.25) is 34.6 Å². The first kappa shape index (κ1) is 133. The third-order valence-corrected chi connectivity index (χ3v) is 14.4. The number of aromatic nitrogens is 6. The summed E-state index contributed by atoms with van der Waals surface area (Å²) in [7, 11) is 0. The van der Waals surface area contributed by atoms with Crippen LogP contribution in [0.1, 0.15) is 269 Å². The Balaban J connectivity index is -0.000000143. The fourth-order valence-corrected chi connectivity index (χ4v) is 9.66. The van der Waals surface area contributed by atoms with Crippen LogP contribution < -0.4 is 21.9 Å². The number of ketones is 2. The topological polar surface area (TPSA) is 446 Å². The van der Waals surface area contributed by atoms with E-state index in [0.29, 0.717) is 89.4 Å². The van der Waals surface area contributed by atoms with E-state index in [1.54, 1.807) is 103 Å². The van der Waals surface area contributed by atoms with Gasteiger partial charge in [-0.2, -0.15) is 0 Å². The predicted octanol–water partition coefficient (Wildman–Crippen LogP) is 13.0. The molecular weight excluding hydrogens is 1820 g/mol. The van der Waals surface area contributed by atoms with Gasteiger partial charge in [0.2, 0.25) is 11.6 Å². The number of hydrogen-bond acceptors (Lipinski definition) is 32. The van der Waals surface area contributed by atoms with Gasteiger partial charge in [0.05, 0.1) is 70.7 Å². The number of piperidine rings is 3. The van der Waals surface area contributed by atoms with Gasteiger partial charge in [0.15, 0.2) is 11.6 Å². The number of carbonyl (C=O) groups excluding carboxylic acids is 12. The van der Waals surface area contributed by atoms with Gasteiger partial charge >= 0.3 is 60.5 Å². The second-order valence-corrected chi connectivity index (χ2v) is 31.7. The second kappa shape index (κ2) is 64.7. The average molecular weight is 1970 g/mol. The van der Waals surface area contributed by atoms with E-state index in [1.165, 1.54) is 4.90 Å². The molecule has 0 atom stereocenters. The number of carbonyl (C=O) groups is 12. The molecule has 8 heterocycles. The van der Waals surface area contributed by atoms with Gasteiger partial charge in [-0.15, -0.1) is 44.6 Å². The average Bonchev–Trinajstić information content (AvgIpc) is 1.67. The van der Waals surface area contributed by atoms with Crippen LogP contribution in [0.5, 0.6) is 0 Å². The first-order valence-corrected chi connectivity index (χ1v) is 37.5. The van der Waals surface area contributed by atoms with Gasteiger partial charge in [0, 0.05) is 103 Å².